The maximum Gasteiger partial charge on any atom is 0.270 e. The number of carbonyl (C=O) groups is 1. The van der Waals surface area contributed by atoms with Crippen LogP contribution in [0.4, 0.5) is 0 Å². The first-order valence-electron chi connectivity index (χ1n) is 9.77. The maximum atomic E-state index is 13.2. The van der Waals surface area contributed by atoms with E-state index in [1.54, 1.807) is 4.68 Å². The minimum atomic E-state index is -0.0689. The van der Waals surface area contributed by atoms with Crippen molar-refractivity contribution in [1.82, 2.24) is 15.1 Å². The van der Waals surface area contributed by atoms with Crippen molar-refractivity contribution in [2.24, 2.45) is 0 Å². The van der Waals surface area contributed by atoms with Crippen LogP contribution in [0.25, 0.3) is 5.69 Å². The molecular formula is C23H25N3O. The Balaban J connectivity index is 1.64. The van der Waals surface area contributed by atoms with Crippen LogP contribution in [0.5, 0.6) is 0 Å². The fraction of sp³-hybridized carbons (Fsp3) is 0.304. The van der Waals surface area contributed by atoms with Gasteiger partial charge in [0.15, 0.2) is 0 Å². The number of para-hydroxylation sites is 1. The van der Waals surface area contributed by atoms with Crippen molar-refractivity contribution in [2.45, 2.75) is 44.6 Å². The highest BCUT2D eigenvalue weighted by Crippen LogP contribution is 2.39. The molecule has 4 heteroatoms. The molecule has 1 aromatic heterocycles. The highest BCUT2D eigenvalue weighted by molar-refractivity contribution is 5.93. The Labute approximate surface area is 160 Å². The van der Waals surface area contributed by atoms with Crippen LogP contribution in [0.1, 0.15) is 66.3 Å². The summed E-state index contributed by atoms with van der Waals surface area (Å²) >= 11 is 0. The van der Waals surface area contributed by atoms with Crippen LogP contribution in [0.2, 0.25) is 0 Å². The van der Waals surface area contributed by atoms with E-state index >= 15 is 0 Å². The zero-order chi connectivity index (χ0) is 18.6. The number of aromatic nitrogens is 2. The third-order valence-corrected chi connectivity index (χ3v) is 5.04. The van der Waals surface area contributed by atoms with Crippen molar-refractivity contribution in [3.05, 3.63) is 83.7 Å². The third-order valence-electron chi connectivity index (χ3n) is 5.04. The monoisotopic (exact) mass is 359 g/mol. The highest BCUT2D eigenvalue weighted by Gasteiger charge is 2.29. The first-order valence-corrected chi connectivity index (χ1v) is 9.77. The van der Waals surface area contributed by atoms with Gasteiger partial charge in [-0.05, 0) is 43.0 Å². The van der Waals surface area contributed by atoms with Crippen LogP contribution >= 0.6 is 0 Å². The second-order valence-electron chi connectivity index (χ2n) is 7.20. The first kappa shape index (κ1) is 17.5. The summed E-state index contributed by atoms with van der Waals surface area (Å²) in [4.78, 5) is 13.2. The average Bonchev–Trinajstić information content (AvgIpc) is 3.47. The summed E-state index contributed by atoms with van der Waals surface area (Å²) in [5, 5.41) is 7.98. The number of amides is 1. The molecule has 1 fully saturated rings. The number of nitrogens with one attached hydrogen (secondary N) is 1. The molecule has 138 valence electrons. The number of nitrogens with zero attached hydrogens (tertiary/aromatic N) is 2. The number of hydrogen-bond donors (Lipinski definition) is 1. The molecule has 2 aromatic carbocycles. The van der Waals surface area contributed by atoms with Gasteiger partial charge in [0.2, 0.25) is 0 Å². The second-order valence-corrected chi connectivity index (χ2v) is 7.20. The van der Waals surface area contributed by atoms with E-state index in [-0.39, 0.29) is 11.9 Å². The predicted octanol–water partition coefficient (Wildman–Crippen LogP) is 5.02. The quantitative estimate of drug-likeness (QED) is 0.644. The standard InChI is InChI=1S/C23H25N3O/c1-2-9-20(17-10-5-3-6-11-17)24-23(27)22-16-21(18-14-15-18)25-26(22)19-12-7-4-8-13-19/h3-8,10-13,16,18,20H,2,9,14-15H2,1H3,(H,24,27). The van der Waals surface area contributed by atoms with Crippen molar-refractivity contribution in [3.63, 3.8) is 0 Å². The molecule has 3 aromatic rings. The largest absolute Gasteiger partial charge is 0.344 e. The molecule has 4 nitrogen and oxygen atoms in total. The molecule has 0 radical (unpaired) electrons. The lowest BCUT2D eigenvalue weighted by Gasteiger charge is -2.19. The zero-order valence-corrected chi connectivity index (χ0v) is 15.6. The van der Waals surface area contributed by atoms with Gasteiger partial charge in [-0.25, -0.2) is 4.68 Å². The van der Waals surface area contributed by atoms with E-state index in [1.807, 2.05) is 54.6 Å². The third kappa shape index (κ3) is 3.95. The molecule has 4 rings (SSSR count). The van der Waals surface area contributed by atoms with E-state index in [2.05, 4.69) is 24.4 Å². The molecule has 1 atom stereocenters. The Morgan fingerprint density at radius 1 is 1.11 bits per heavy atom. The summed E-state index contributed by atoms with van der Waals surface area (Å²) < 4.78 is 1.79. The number of rotatable bonds is 7. The van der Waals surface area contributed by atoms with Crippen LogP contribution in [0.15, 0.2) is 66.7 Å². The summed E-state index contributed by atoms with van der Waals surface area (Å²) in [6.07, 6.45) is 4.24. The Bertz CT molecular complexity index is 898. The van der Waals surface area contributed by atoms with Crippen LogP contribution in [0, 0.1) is 0 Å². The van der Waals surface area contributed by atoms with E-state index in [0.29, 0.717) is 11.6 Å². The molecule has 1 amide bonds. The van der Waals surface area contributed by atoms with E-state index in [9.17, 15) is 4.79 Å². The molecule has 27 heavy (non-hydrogen) atoms. The minimum Gasteiger partial charge on any atom is -0.344 e. The summed E-state index contributed by atoms with van der Waals surface area (Å²) in [7, 11) is 0. The van der Waals surface area contributed by atoms with Gasteiger partial charge in [-0.1, -0.05) is 61.9 Å². The van der Waals surface area contributed by atoms with Gasteiger partial charge in [0.05, 0.1) is 17.4 Å². The second kappa shape index (κ2) is 7.78. The Morgan fingerprint density at radius 2 is 1.78 bits per heavy atom. The Kier molecular flexibility index (Phi) is 5.05. The fourth-order valence-corrected chi connectivity index (χ4v) is 3.43. The van der Waals surface area contributed by atoms with Gasteiger partial charge < -0.3 is 5.32 Å². The maximum absolute atomic E-state index is 13.2. The molecule has 1 aliphatic carbocycles. The lowest BCUT2D eigenvalue weighted by molar-refractivity contribution is 0.0926. The molecule has 1 unspecified atom stereocenters. The smallest absolute Gasteiger partial charge is 0.270 e. The highest BCUT2D eigenvalue weighted by atomic mass is 16.2. The molecule has 0 spiro atoms. The van der Waals surface area contributed by atoms with Gasteiger partial charge in [0.25, 0.3) is 5.91 Å². The van der Waals surface area contributed by atoms with Gasteiger partial charge >= 0.3 is 0 Å². The van der Waals surface area contributed by atoms with Crippen LogP contribution < -0.4 is 5.32 Å². The topological polar surface area (TPSA) is 46.9 Å². The fourth-order valence-electron chi connectivity index (χ4n) is 3.43. The van der Waals surface area contributed by atoms with E-state index in [0.717, 1.165) is 42.6 Å². The van der Waals surface area contributed by atoms with Crippen molar-refractivity contribution in [2.75, 3.05) is 0 Å². The minimum absolute atomic E-state index is 0.00667. The molecule has 1 N–H and O–H groups in total. The van der Waals surface area contributed by atoms with Crippen LogP contribution in [-0.2, 0) is 0 Å². The van der Waals surface area contributed by atoms with Gasteiger partial charge in [0, 0.05) is 5.92 Å². The lowest BCUT2D eigenvalue weighted by Crippen LogP contribution is -2.30. The van der Waals surface area contributed by atoms with E-state index in [1.165, 1.54) is 0 Å². The Hall–Kier alpha value is -2.88. The van der Waals surface area contributed by atoms with Crippen molar-refractivity contribution >= 4 is 5.91 Å². The molecule has 1 saturated carbocycles. The van der Waals surface area contributed by atoms with Crippen molar-refractivity contribution < 1.29 is 4.79 Å². The summed E-state index contributed by atoms with van der Waals surface area (Å²) in [6, 6.07) is 22.0. The molecule has 0 bridgehead atoms. The number of hydrogen-bond acceptors (Lipinski definition) is 2. The summed E-state index contributed by atoms with van der Waals surface area (Å²) in [6.45, 7) is 2.14. The van der Waals surface area contributed by atoms with Gasteiger partial charge in [-0.2, -0.15) is 5.10 Å². The molecule has 1 aliphatic rings. The molecule has 0 aliphatic heterocycles. The van der Waals surface area contributed by atoms with Crippen LogP contribution in [0.3, 0.4) is 0 Å². The number of benzene rings is 2. The summed E-state index contributed by atoms with van der Waals surface area (Å²) in [5.41, 5.74) is 3.69. The van der Waals surface area contributed by atoms with Crippen LogP contribution in [-0.4, -0.2) is 15.7 Å². The van der Waals surface area contributed by atoms with Gasteiger partial charge in [-0.3, -0.25) is 4.79 Å². The summed E-state index contributed by atoms with van der Waals surface area (Å²) in [5.74, 6) is 0.433. The Morgan fingerprint density at radius 3 is 2.41 bits per heavy atom. The van der Waals surface area contributed by atoms with E-state index < -0.39 is 0 Å². The zero-order valence-electron chi connectivity index (χ0n) is 15.6. The van der Waals surface area contributed by atoms with Crippen molar-refractivity contribution in [3.8, 4) is 5.69 Å². The normalized spacial score (nSPS) is 14.7. The van der Waals surface area contributed by atoms with Gasteiger partial charge in [-0.15, -0.1) is 0 Å². The predicted molar refractivity (Wildman–Crippen MR) is 107 cm³/mol. The number of carbonyl (C=O) groups excluding carboxylic acids is 1. The SMILES string of the molecule is CCCC(NC(=O)c1cc(C2CC2)nn1-c1ccccc1)c1ccccc1. The first-order chi connectivity index (χ1) is 13.3. The average molecular weight is 359 g/mol. The molecule has 0 saturated heterocycles. The van der Waals surface area contributed by atoms with E-state index in [4.69, 9.17) is 5.10 Å². The van der Waals surface area contributed by atoms with Gasteiger partial charge in [0.1, 0.15) is 5.69 Å². The lowest BCUT2D eigenvalue weighted by atomic mass is 10.0. The molecule has 1 heterocycles. The van der Waals surface area contributed by atoms with Crippen molar-refractivity contribution in [1.29, 1.82) is 0 Å². The molecular weight excluding hydrogens is 334 g/mol.